The monoisotopic (exact) mass is 376 g/mol. The average Bonchev–Trinajstić information content (AvgIpc) is 3.08. The number of nitrogens with zero attached hydrogens (tertiary/aromatic N) is 1. The van der Waals surface area contributed by atoms with Crippen molar-refractivity contribution in [3.05, 3.63) is 53.9 Å². The van der Waals surface area contributed by atoms with Gasteiger partial charge in [-0.1, -0.05) is 18.2 Å². The molecule has 1 N–H and O–H groups in total. The van der Waals surface area contributed by atoms with Gasteiger partial charge in [-0.3, -0.25) is 4.79 Å². The normalized spacial score (nSPS) is 11.0. The molecule has 0 fully saturated rings. The van der Waals surface area contributed by atoms with Crippen molar-refractivity contribution in [2.75, 3.05) is 7.11 Å². The van der Waals surface area contributed by atoms with Gasteiger partial charge in [0.25, 0.3) is 0 Å². The zero-order valence-corrected chi connectivity index (χ0v) is 14.6. The van der Waals surface area contributed by atoms with Gasteiger partial charge in [0.15, 0.2) is 23.0 Å². The Morgan fingerprint density at radius 3 is 2.78 bits per heavy atom. The van der Waals surface area contributed by atoms with E-state index in [2.05, 4.69) is 15.0 Å². The van der Waals surface area contributed by atoms with Gasteiger partial charge in [-0.05, 0) is 29.8 Å². The van der Waals surface area contributed by atoms with Crippen LogP contribution in [0.15, 0.2) is 46.9 Å². The summed E-state index contributed by atoms with van der Waals surface area (Å²) >= 11 is 0. The highest BCUT2D eigenvalue weighted by atomic mass is 19.3. The van der Waals surface area contributed by atoms with Gasteiger partial charge in [0.05, 0.1) is 7.11 Å². The summed E-state index contributed by atoms with van der Waals surface area (Å²) in [5, 5.41) is 2.76. The van der Waals surface area contributed by atoms with E-state index in [1.165, 1.54) is 13.2 Å². The number of para-hydroxylation sites is 2. The second-order valence-corrected chi connectivity index (χ2v) is 5.72. The lowest BCUT2D eigenvalue weighted by atomic mass is 10.2. The summed E-state index contributed by atoms with van der Waals surface area (Å²) < 4.78 is 39.6. The SMILES string of the molecule is COc1cc(CNC(=O)CCc2nc3ccccc3o2)ccc1OC(F)F. The molecule has 8 heteroatoms. The van der Waals surface area contributed by atoms with E-state index in [1.54, 1.807) is 12.1 Å². The first-order valence-electron chi connectivity index (χ1n) is 8.28. The van der Waals surface area contributed by atoms with Crippen molar-refractivity contribution in [3.63, 3.8) is 0 Å². The zero-order valence-electron chi connectivity index (χ0n) is 14.6. The number of fused-ring (bicyclic) bond motifs is 1. The summed E-state index contributed by atoms with van der Waals surface area (Å²) in [6.45, 7) is -2.70. The van der Waals surface area contributed by atoms with E-state index < -0.39 is 6.61 Å². The highest BCUT2D eigenvalue weighted by molar-refractivity contribution is 5.76. The first-order chi connectivity index (χ1) is 13.0. The number of hydrogen-bond acceptors (Lipinski definition) is 5. The van der Waals surface area contributed by atoms with Crippen molar-refractivity contribution >= 4 is 17.0 Å². The minimum atomic E-state index is -2.93. The van der Waals surface area contributed by atoms with Crippen LogP contribution in [0.1, 0.15) is 17.9 Å². The second kappa shape index (κ2) is 8.48. The van der Waals surface area contributed by atoms with Crippen LogP contribution in [0.3, 0.4) is 0 Å². The van der Waals surface area contributed by atoms with Gasteiger partial charge in [0.2, 0.25) is 5.91 Å². The Morgan fingerprint density at radius 1 is 1.22 bits per heavy atom. The van der Waals surface area contributed by atoms with Crippen LogP contribution in [0.5, 0.6) is 11.5 Å². The second-order valence-electron chi connectivity index (χ2n) is 5.72. The van der Waals surface area contributed by atoms with Gasteiger partial charge in [0.1, 0.15) is 5.52 Å². The van der Waals surface area contributed by atoms with Gasteiger partial charge in [-0.15, -0.1) is 0 Å². The largest absolute Gasteiger partial charge is 0.493 e. The number of carbonyl (C=O) groups excluding carboxylic acids is 1. The standard InChI is InChI=1S/C19H18F2N2O4/c1-25-16-10-12(6-7-15(16)27-19(20)21)11-22-17(24)8-9-18-23-13-4-2-3-5-14(13)26-18/h2-7,10,19H,8-9,11H2,1H3,(H,22,24). The number of methoxy groups -OCH3 is 1. The van der Waals surface area contributed by atoms with Crippen molar-refractivity contribution in [2.45, 2.75) is 26.0 Å². The van der Waals surface area contributed by atoms with E-state index in [1.807, 2.05) is 24.3 Å². The van der Waals surface area contributed by atoms with E-state index in [-0.39, 0.29) is 30.4 Å². The Bertz CT molecular complexity index is 894. The van der Waals surface area contributed by atoms with E-state index in [4.69, 9.17) is 9.15 Å². The molecule has 1 amide bonds. The molecule has 0 unspecified atom stereocenters. The molecule has 0 radical (unpaired) electrons. The molecule has 0 saturated carbocycles. The van der Waals surface area contributed by atoms with Gasteiger partial charge in [-0.25, -0.2) is 4.98 Å². The molecular weight excluding hydrogens is 358 g/mol. The summed E-state index contributed by atoms with van der Waals surface area (Å²) in [5.41, 5.74) is 2.14. The molecule has 0 aliphatic carbocycles. The highest BCUT2D eigenvalue weighted by Gasteiger charge is 2.12. The minimum Gasteiger partial charge on any atom is -0.493 e. The molecule has 142 valence electrons. The maximum Gasteiger partial charge on any atom is 0.387 e. The Hall–Kier alpha value is -3.16. The lowest BCUT2D eigenvalue weighted by molar-refractivity contribution is -0.121. The molecule has 0 atom stereocenters. The number of hydrogen-bond donors (Lipinski definition) is 1. The fourth-order valence-corrected chi connectivity index (χ4v) is 2.55. The predicted octanol–water partition coefficient (Wildman–Crippen LogP) is 3.69. The van der Waals surface area contributed by atoms with Crippen LogP contribution < -0.4 is 14.8 Å². The number of ether oxygens (including phenoxy) is 2. The highest BCUT2D eigenvalue weighted by Crippen LogP contribution is 2.29. The van der Waals surface area contributed by atoms with Crippen molar-refractivity contribution in [3.8, 4) is 11.5 Å². The van der Waals surface area contributed by atoms with Gasteiger partial charge >= 0.3 is 6.61 Å². The lowest BCUT2D eigenvalue weighted by Crippen LogP contribution is -2.23. The number of carbonyl (C=O) groups is 1. The van der Waals surface area contributed by atoms with Gasteiger partial charge in [-0.2, -0.15) is 8.78 Å². The number of rotatable bonds is 8. The Balaban J connectivity index is 1.52. The number of amides is 1. The van der Waals surface area contributed by atoms with E-state index in [0.717, 1.165) is 5.52 Å². The summed E-state index contributed by atoms with van der Waals surface area (Å²) in [4.78, 5) is 16.4. The Kier molecular flexibility index (Phi) is 5.85. The number of aryl methyl sites for hydroxylation is 1. The molecule has 1 aromatic heterocycles. The molecule has 0 aliphatic heterocycles. The fourth-order valence-electron chi connectivity index (χ4n) is 2.55. The molecule has 3 aromatic rings. The summed E-state index contributed by atoms with van der Waals surface area (Å²) in [6, 6.07) is 11.9. The number of benzene rings is 2. The van der Waals surface area contributed by atoms with Crippen LogP contribution >= 0.6 is 0 Å². The van der Waals surface area contributed by atoms with Crippen molar-refractivity contribution in [1.29, 1.82) is 0 Å². The Morgan fingerprint density at radius 2 is 2.04 bits per heavy atom. The molecule has 1 heterocycles. The molecule has 27 heavy (non-hydrogen) atoms. The fraction of sp³-hybridized carbons (Fsp3) is 0.263. The third kappa shape index (κ3) is 4.93. The Labute approximate surface area is 154 Å². The summed E-state index contributed by atoms with van der Waals surface area (Å²) in [5.74, 6) is 0.442. The topological polar surface area (TPSA) is 73.6 Å². The predicted molar refractivity (Wildman–Crippen MR) is 93.8 cm³/mol. The quantitative estimate of drug-likeness (QED) is 0.649. The molecule has 0 aliphatic rings. The third-order valence-electron chi connectivity index (χ3n) is 3.84. The number of oxazole rings is 1. The van der Waals surface area contributed by atoms with Crippen molar-refractivity contribution in [2.24, 2.45) is 0 Å². The van der Waals surface area contributed by atoms with Crippen LogP contribution in [0.4, 0.5) is 8.78 Å². The number of halogens is 2. The minimum absolute atomic E-state index is 0.0569. The number of alkyl halides is 2. The molecule has 0 saturated heterocycles. The van der Waals surface area contributed by atoms with Crippen LogP contribution in [0, 0.1) is 0 Å². The molecule has 6 nitrogen and oxygen atoms in total. The summed E-state index contributed by atoms with van der Waals surface area (Å²) in [6.07, 6.45) is 0.599. The van der Waals surface area contributed by atoms with E-state index in [9.17, 15) is 13.6 Å². The molecule has 0 spiro atoms. The first kappa shape index (κ1) is 18.6. The molecule has 0 bridgehead atoms. The summed E-state index contributed by atoms with van der Waals surface area (Å²) in [7, 11) is 1.36. The van der Waals surface area contributed by atoms with Gasteiger partial charge < -0.3 is 19.2 Å². The average molecular weight is 376 g/mol. The van der Waals surface area contributed by atoms with E-state index >= 15 is 0 Å². The van der Waals surface area contributed by atoms with Crippen molar-refractivity contribution in [1.82, 2.24) is 10.3 Å². The maximum atomic E-state index is 12.3. The molecular formula is C19H18F2N2O4. The number of aromatic nitrogens is 1. The number of nitrogens with one attached hydrogen (secondary N) is 1. The maximum absolute atomic E-state index is 12.3. The lowest BCUT2D eigenvalue weighted by Gasteiger charge is -2.11. The smallest absolute Gasteiger partial charge is 0.387 e. The molecule has 3 rings (SSSR count). The third-order valence-corrected chi connectivity index (χ3v) is 3.84. The van der Waals surface area contributed by atoms with Crippen molar-refractivity contribution < 1.29 is 27.5 Å². The van der Waals surface area contributed by atoms with Crippen LogP contribution in [-0.2, 0) is 17.8 Å². The van der Waals surface area contributed by atoms with E-state index in [0.29, 0.717) is 23.5 Å². The van der Waals surface area contributed by atoms with Gasteiger partial charge in [0, 0.05) is 19.4 Å². The zero-order chi connectivity index (χ0) is 19.2. The van der Waals surface area contributed by atoms with Crippen LogP contribution in [-0.4, -0.2) is 24.6 Å². The first-order valence-corrected chi connectivity index (χ1v) is 8.28. The van der Waals surface area contributed by atoms with Crippen LogP contribution in [0.2, 0.25) is 0 Å². The molecule has 2 aromatic carbocycles. The van der Waals surface area contributed by atoms with Crippen LogP contribution in [0.25, 0.3) is 11.1 Å².